The van der Waals surface area contributed by atoms with Gasteiger partial charge in [0.25, 0.3) is 5.91 Å². The van der Waals surface area contributed by atoms with Crippen molar-refractivity contribution < 1.29 is 14.3 Å². The van der Waals surface area contributed by atoms with Crippen LogP contribution in [-0.2, 0) is 11.3 Å². The van der Waals surface area contributed by atoms with Gasteiger partial charge in [0.2, 0.25) is 0 Å². The molecule has 8 nitrogen and oxygen atoms in total. The highest BCUT2D eigenvalue weighted by Crippen LogP contribution is 2.24. The van der Waals surface area contributed by atoms with Crippen LogP contribution in [0.15, 0.2) is 18.2 Å². The number of ether oxygens (including phenoxy) is 2. The van der Waals surface area contributed by atoms with E-state index in [1.54, 1.807) is 0 Å². The minimum atomic E-state index is -0.210. The summed E-state index contributed by atoms with van der Waals surface area (Å²) in [5, 5.41) is 14.7. The fraction of sp³-hybridized carbons (Fsp3) is 0.571. The first-order valence-corrected chi connectivity index (χ1v) is 10.4. The fourth-order valence-electron chi connectivity index (χ4n) is 3.91. The molecule has 164 valence electrons. The van der Waals surface area contributed by atoms with Crippen LogP contribution in [0, 0.1) is 13.8 Å². The van der Waals surface area contributed by atoms with Gasteiger partial charge in [-0.05, 0) is 51.4 Å². The zero-order valence-corrected chi connectivity index (χ0v) is 18.3. The number of rotatable bonds is 6. The summed E-state index contributed by atoms with van der Waals surface area (Å²) in [5.74, 6) is 0.592. The molecule has 2 aliphatic heterocycles. The molecule has 0 spiro atoms. The number of carbonyl (C=O) groups is 1. The molecule has 2 aliphatic rings. The lowest BCUT2D eigenvalue weighted by Gasteiger charge is -2.23. The van der Waals surface area contributed by atoms with Gasteiger partial charge in [-0.2, -0.15) is 0 Å². The molecule has 2 aromatic rings. The Morgan fingerprint density at radius 2 is 2.10 bits per heavy atom. The van der Waals surface area contributed by atoms with Crippen molar-refractivity contribution in [1.29, 1.82) is 0 Å². The summed E-state index contributed by atoms with van der Waals surface area (Å²) in [6.07, 6.45) is 2.96. The van der Waals surface area contributed by atoms with Crippen LogP contribution < -0.4 is 15.4 Å². The van der Waals surface area contributed by atoms with E-state index in [2.05, 4.69) is 20.9 Å². The van der Waals surface area contributed by atoms with E-state index in [-0.39, 0.29) is 24.4 Å². The maximum atomic E-state index is 12.8. The zero-order valence-electron chi connectivity index (χ0n) is 17.5. The zero-order chi connectivity index (χ0) is 20.2. The summed E-state index contributed by atoms with van der Waals surface area (Å²) in [6.45, 7) is 7.59. The van der Waals surface area contributed by atoms with Gasteiger partial charge in [-0.1, -0.05) is 17.3 Å². The molecule has 1 amide bonds. The third kappa shape index (κ3) is 5.11. The van der Waals surface area contributed by atoms with E-state index in [0.29, 0.717) is 24.9 Å². The minimum absolute atomic E-state index is 0. The predicted octanol–water partition coefficient (Wildman–Crippen LogP) is 2.34. The van der Waals surface area contributed by atoms with Crippen LogP contribution in [0.2, 0.25) is 0 Å². The number of piperidine rings is 1. The fourth-order valence-corrected chi connectivity index (χ4v) is 3.91. The quantitative estimate of drug-likeness (QED) is 0.723. The summed E-state index contributed by atoms with van der Waals surface area (Å²) in [4.78, 5) is 12.8. The molecule has 2 fully saturated rings. The molecule has 9 heteroatoms. The Morgan fingerprint density at radius 1 is 1.30 bits per heavy atom. The van der Waals surface area contributed by atoms with Crippen LogP contribution >= 0.6 is 12.4 Å². The van der Waals surface area contributed by atoms with Gasteiger partial charge >= 0.3 is 0 Å². The van der Waals surface area contributed by atoms with E-state index >= 15 is 0 Å². The molecule has 3 heterocycles. The molecule has 0 radical (unpaired) electrons. The topological polar surface area (TPSA) is 90.3 Å². The van der Waals surface area contributed by atoms with Crippen LogP contribution in [0.4, 0.5) is 0 Å². The molecule has 1 unspecified atom stereocenters. The van der Waals surface area contributed by atoms with Crippen molar-refractivity contribution in [3.63, 3.8) is 0 Å². The number of carbonyl (C=O) groups excluding carboxylic acids is 1. The van der Waals surface area contributed by atoms with E-state index in [1.807, 2.05) is 36.7 Å². The Balaban J connectivity index is 0.00000256. The van der Waals surface area contributed by atoms with Crippen molar-refractivity contribution >= 4 is 18.3 Å². The van der Waals surface area contributed by atoms with Crippen LogP contribution in [-0.4, -0.2) is 53.3 Å². The van der Waals surface area contributed by atoms with Gasteiger partial charge in [0.15, 0.2) is 5.69 Å². The van der Waals surface area contributed by atoms with E-state index < -0.39 is 0 Å². The number of benzene rings is 1. The Hall–Kier alpha value is -2.16. The number of nitrogens with one attached hydrogen (secondary N) is 2. The molecule has 1 aromatic carbocycles. The largest absolute Gasteiger partial charge is 0.488 e. The van der Waals surface area contributed by atoms with E-state index in [4.69, 9.17) is 9.47 Å². The number of aryl methyl sites for hydroxylation is 1. The lowest BCUT2D eigenvalue weighted by atomic mass is 10.1. The van der Waals surface area contributed by atoms with Gasteiger partial charge in [0.1, 0.15) is 11.9 Å². The van der Waals surface area contributed by atoms with Gasteiger partial charge in [-0.25, -0.2) is 4.68 Å². The molecule has 1 aromatic heterocycles. The van der Waals surface area contributed by atoms with Crippen LogP contribution in [0.3, 0.4) is 0 Å². The van der Waals surface area contributed by atoms with Crippen molar-refractivity contribution in [2.24, 2.45) is 0 Å². The summed E-state index contributed by atoms with van der Waals surface area (Å²) in [7, 11) is 0. The highest BCUT2D eigenvalue weighted by atomic mass is 35.5. The van der Waals surface area contributed by atoms with Crippen molar-refractivity contribution in [2.75, 3.05) is 26.3 Å². The number of halogens is 1. The molecule has 0 bridgehead atoms. The number of aromatic nitrogens is 3. The van der Waals surface area contributed by atoms with Crippen molar-refractivity contribution in [1.82, 2.24) is 25.6 Å². The van der Waals surface area contributed by atoms with E-state index in [9.17, 15) is 4.79 Å². The molecule has 0 aliphatic carbocycles. The van der Waals surface area contributed by atoms with Crippen molar-refractivity contribution in [2.45, 2.75) is 51.8 Å². The third-order valence-corrected chi connectivity index (χ3v) is 5.64. The number of hydrogen-bond donors (Lipinski definition) is 2. The SMILES string of the molecule is Cc1ccc(CNC(=O)c2nnn(C3CCNCC3)c2C)c(OC2CCOC2)c1.Cl. The Labute approximate surface area is 183 Å². The molecular formula is C21H30ClN5O3. The molecular weight excluding hydrogens is 406 g/mol. The molecule has 2 saturated heterocycles. The Morgan fingerprint density at radius 3 is 2.83 bits per heavy atom. The second-order valence-corrected chi connectivity index (χ2v) is 7.85. The summed E-state index contributed by atoms with van der Waals surface area (Å²) >= 11 is 0. The number of amides is 1. The van der Waals surface area contributed by atoms with Gasteiger partial charge < -0.3 is 20.1 Å². The van der Waals surface area contributed by atoms with Crippen molar-refractivity contribution in [3.05, 3.63) is 40.7 Å². The Bertz CT molecular complexity index is 860. The van der Waals surface area contributed by atoms with Crippen LogP contribution in [0.25, 0.3) is 0 Å². The van der Waals surface area contributed by atoms with E-state index in [1.165, 1.54) is 0 Å². The van der Waals surface area contributed by atoms with Gasteiger partial charge in [-0.3, -0.25) is 4.79 Å². The lowest BCUT2D eigenvalue weighted by molar-refractivity contribution is 0.0944. The third-order valence-electron chi connectivity index (χ3n) is 5.64. The maximum Gasteiger partial charge on any atom is 0.274 e. The first-order valence-electron chi connectivity index (χ1n) is 10.4. The number of nitrogens with zero attached hydrogens (tertiary/aromatic N) is 3. The molecule has 0 saturated carbocycles. The predicted molar refractivity (Wildman–Crippen MR) is 115 cm³/mol. The highest BCUT2D eigenvalue weighted by Gasteiger charge is 2.23. The first-order chi connectivity index (χ1) is 14.1. The summed E-state index contributed by atoms with van der Waals surface area (Å²) < 4.78 is 13.4. The first kappa shape index (κ1) is 22.5. The van der Waals surface area contributed by atoms with Gasteiger partial charge in [0.05, 0.1) is 24.9 Å². The molecule has 4 rings (SSSR count). The maximum absolute atomic E-state index is 12.8. The lowest BCUT2D eigenvalue weighted by Crippen LogP contribution is -2.30. The average Bonchev–Trinajstić information content (AvgIpc) is 3.37. The van der Waals surface area contributed by atoms with Crippen LogP contribution in [0.1, 0.15) is 52.6 Å². The Kier molecular flexibility index (Phi) is 7.69. The summed E-state index contributed by atoms with van der Waals surface area (Å²) in [5.41, 5.74) is 3.27. The minimum Gasteiger partial charge on any atom is -0.488 e. The van der Waals surface area contributed by atoms with Crippen molar-refractivity contribution in [3.8, 4) is 5.75 Å². The molecule has 1 atom stereocenters. The van der Waals surface area contributed by atoms with Crippen LogP contribution in [0.5, 0.6) is 5.75 Å². The second kappa shape index (κ2) is 10.2. The normalized spacial score (nSPS) is 19.3. The molecule has 30 heavy (non-hydrogen) atoms. The standard InChI is InChI=1S/C21H29N5O3.ClH/c1-14-3-4-16(19(11-14)29-18-7-10-28-13-18)12-23-21(27)20-15(2)26(25-24-20)17-5-8-22-9-6-17;/h3-4,11,17-18,22H,5-10,12-13H2,1-2H3,(H,23,27);1H. The second-order valence-electron chi connectivity index (χ2n) is 7.85. The summed E-state index contributed by atoms with van der Waals surface area (Å²) in [6, 6.07) is 6.34. The van der Waals surface area contributed by atoms with Gasteiger partial charge in [0, 0.05) is 18.5 Å². The number of hydrogen-bond acceptors (Lipinski definition) is 6. The monoisotopic (exact) mass is 435 g/mol. The van der Waals surface area contributed by atoms with Gasteiger partial charge in [-0.15, -0.1) is 17.5 Å². The smallest absolute Gasteiger partial charge is 0.274 e. The highest BCUT2D eigenvalue weighted by molar-refractivity contribution is 5.93. The molecule has 2 N–H and O–H groups in total. The van der Waals surface area contributed by atoms with E-state index in [0.717, 1.165) is 61.5 Å². The average molecular weight is 436 g/mol.